The summed E-state index contributed by atoms with van der Waals surface area (Å²) in [6.45, 7) is 4.56. The summed E-state index contributed by atoms with van der Waals surface area (Å²) >= 11 is 0. The molecule has 2 nitrogen and oxygen atoms in total. The summed E-state index contributed by atoms with van der Waals surface area (Å²) in [6.07, 6.45) is -0.469. The molecular weight excluding hydrogens is 282 g/mol. The Morgan fingerprint density at radius 1 is 0.870 bits per heavy atom. The van der Waals surface area contributed by atoms with Crippen molar-refractivity contribution in [1.82, 2.24) is 4.90 Å². The van der Waals surface area contributed by atoms with Gasteiger partial charge in [-0.15, -0.1) is 0 Å². The summed E-state index contributed by atoms with van der Waals surface area (Å²) in [5.74, 6) is 0. The largest absolute Gasteiger partial charge is 0.387 e. The van der Waals surface area contributed by atoms with E-state index in [0.29, 0.717) is 6.54 Å². The van der Waals surface area contributed by atoms with Crippen molar-refractivity contribution < 1.29 is 5.11 Å². The average Bonchev–Trinajstić information content (AvgIpc) is 2.61. The molecule has 2 heteroatoms. The van der Waals surface area contributed by atoms with Crippen LogP contribution >= 0.6 is 0 Å². The van der Waals surface area contributed by atoms with E-state index in [1.807, 2.05) is 24.3 Å². The van der Waals surface area contributed by atoms with Crippen LogP contribution in [0.4, 0.5) is 0 Å². The van der Waals surface area contributed by atoms with E-state index in [9.17, 15) is 5.11 Å². The summed E-state index contributed by atoms with van der Waals surface area (Å²) < 4.78 is 0. The van der Waals surface area contributed by atoms with Crippen molar-refractivity contribution in [3.63, 3.8) is 0 Å². The van der Waals surface area contributed by atoms with Crippen molar-refractivity contribution in [2.24, 2.45) is 0 Å². The molecule has 1 atom stereocenters. The van der Waals surface area contributed by atoms with Crippen LogP contribution in [0.2, 0.25) is 0 Å². The molecule has 0 aliphatic heterocycles. The lowest BCUT2D eigenvalue weighted by molar-refractivity contribution is 0.112. The molecule has 1 unspecified atom stereocenters. The van der Waals surface area contributed by atoms with Crippen molar-refractivity contribution in [1.29, 1.82) is 0 Å². The van der Waals surface area contributed by atoms with Crippen molar-refractivity contribution in [3.05, 3.63) is 83.9 Å². The molecule has 0 aromatic heterocycles. The Bertz CT molecular complexity index is 754. The topological polar surface area (TPSA) is 23.5 Å². The minimum Gasteiger partial charge on any atom is -0.387 e. The maximum absolute atomic E-state index is 10.6. The third-order valence-corrected chi connectivity index (χ3v) is 4.29. The van der Waals surface area contributed by atoms with Gasteiger partial charge in [0.05, 0.1) is 6.10 Å². The van der Waals surface area contributed by atoms with Gasteiger partial charge in [-0.3, -0.25) is 4.90 Å². The van der Waals surface area contributed by atoms with E-state index in [1.54, 1.807) is 0 Å². The SMILES string of the molecule is CCN(Cc1ccccc1)CC(O)c1ccc2ccccc2c1. The highest BCUT2D eigenvalue weighted by atomic mass is 16.3. The van der Waals surface area contributed by atoms with Gasteiger partial charge < -0.3 is 5.11 Å². The molecule has 0 saturated carbocycles. The fourth-order valence-electron chi connectivity index (χ4n) is 2.91. The van der Waals surface area contributed by atoms with E-state index < -0.39 is 6.10 Å². The Kier molecular flexibility index (Phi) is 5.06. The lowest BCUT2D eigenvalue weighted by atomic mass is 10.0. The highest BCUT2D eigenvalue weighted by molar-refractivity contribution is 5.83. The Morgan fingerprint density at radius 2 is 1.57 bits per heavy atom. The zero-order chi connectivity index (χ0) is 16.1. The summed E-state index contributed by atoms with van der Waals surface area (Å²) in [4.78, 5) is 2.27. The molecule has 0 aliphatic carbocycles. The second-order valence-corrected chi connectivity index (χ2v) is 5.94. The third-order valence-electron chi connectivity index (χ3n) is 4.29. The predicted octanol–water partition coefficient (Wildman–Crippen LogP) is 4.40. The van der Waals surface area contributed by atoms with Crippen LogP contribution < -0.4 is 0 Å². The van der Waals surface area contributed by atoms with Gasteiger partial charge in [0.1, 0.15) is 0 Å². The van der Waals surface area contributed by atoms with Crippen molar-refractivity contribution >= 4 is 10.8 Å². The van der Waals surface area contributed by atoms with Gasteiger partial charge >= 0.3 is 0 Å². The lowest BCUT2D eigenvalue weighted by Gasteiger charge is -2.24. The van der Waals surface area contributed by atoms with E-state index >= 15 is 0 Å². The molecule has 3 aromatic rings. The number of likely N-dealkylation sites (N-methyl/N-ethyl adjacent to an activating group) is 1. The first-order valence-electron chi connectivity index (χ1n) is 8.19. The van der Waals surface area contributed by atoms with Crippen LogP contribution in [0.1, 0.15) is 24.2 Å². The van der Waals surface area contributed by atoms with Gasteiger partial charge in [0, 0.05) is 13.1 Å². The number of hydrogen-bond donors (Lipinski definition) is 1. The zero-order valence-corrected chi connectivity index (χ0v) is 13.5. The van der Waals surface area contributed by atoms with E-state index in [-0.39, 0.29) is 0 Å². The first-order valence-corrected chi connectivity index (χ1v) is 8.19. The van der Waals surface area contributed by atoms with Crippen LogP contribution in [0.25, 0.3) is 10.8 Å². The number of aliphatic hydroxyl groups excluding tert-OH is 1. The van der Waals surface area contributed by atoms with Gasteiger partial charge in [-0.2, -0.15) is 0 Å². The van der Waals surface area contributed by atoms with Crippen LogP contribution in [0.15, 0.2) is 72.8 Å². The standard InChI is InChI=1S/C21H23NO/c1-2-22(15-17-8-4-3-5-9-17)16-21(23)20-13-12-18-10-6-7-11-19(18)14-20/h3-14,21,23H,2,15-16H2,1H3. The molecule has 0 amide bonds. The van der Waals surface area contributed by atoms with Crippen LogP contribution in [0.5, 0.6) is 0 Å². The van der Waals surface area contributed by atoms with Gasteiger partial charge in [-0.25, -0.2) is 0 Å². The van der Waals surface area contributed by atoms with Crippen LogP contribution in [-0.4, -0.2) is 23.1 Å². The molecule has 118 valence electrons. The van der Waals surface area contributed by atoms with Gasteiger partial charge in [0.25, 0.3) is 0 Å². The second kappa shape index (κ2) is 7.40. The molecule has 0 saturated heterocycles. The summed E-state index contributed by atoms with van der Waals surface area (Å²) in [7, 11) is 0. The van der Waals surface area contributed by atoms with E-state index in [2.05, 4.69) is 60.4 Å². The maximum Gasteiger partial charge on any atom is 0.0917 e. The molecule has 0 spiro atoms. The Balaban J connectivity index is 1.71. The summed E-state index contributed by atoms with van der Waals surface area (Å²) in [6, 6.07) is 24.9. The smallest absolute Gasteiger partial charge is 0.0917 e. The van der Waals surface area contributed by atoms with Crippen molar-refractivity contribution in [2.75, 3.05) is 13.1 Å². The maximum atomic E-state index is 10.6. The predicted molar refractivity (Wildman–Crippen MR) is 96.3 cm³/mol. The van der Waals surface area contributed by atoms with E-state index in [0.717, 1.165) is 18.7 Å². The van der Waals surface area contributed by atoms with Gasteiger partial charge in [-0.05, 0) is 34.5 Å². The van der Waals surface area contributed by atoms with Gasteiger partial charge in [0.15, 0.2) is 0 Å². The van der Waals surface area contributed by atoms with E-state index in [1.165, 1.54) is 16.3 Å². The monoisotopic (exact) mass is 305 g/mol. The molecule has 0 aliphatic rings. The zero-order valence-electron chi connectivity index (χ0n) is 13.5. The summed E-state index contributed by atoms with van der Waals surface area (Å²) in [5, 5.41) is 13.0. The molecule has 0 bridgehead atoms. The minimum absolute atomic E-state index is 0.469. The van der Waals surface area contributed by atoms with Crippen LogP contribution in [-0.2, 0) is 6.54 Å². The molecule has 23 heavy (non-hydrogen) atoms. The Morgan fingerprint density at radius 3 is 2.30 bits per heavy atom. The quantitative estimate of drug-likeness (QED) is 0.730. The number of benzene rings is 3. The van der Waals surface area contributed by atoms with Gasteiger partial charge in [0.2, 0.25) is 0 Å². The first-order chi connectivity index (χ1) is 11.3. The molecule has 1 N–H and O–H groups in total. The fraction of sp³-hybridized carbons (Fsp3) is 0.238. The normalized spacial score (nSPS) is 12.7. The van der Waals surface area contributed by atoms with E-state index in [4.69, 9.17) is 0 Å². The molecule has 3 rings (SSSR count). The molecule has 0 radical (unpaired) electrons. The fourth-order valence-corrected chi connectivity index (χ4v) is 2.91. The molecular formula is C21H23NO. The molecule has 0 fully saturated rings. The summed E-state index contributed by atoms with van der Waals surface area (Å²) in [5.41, 5.74) is 2.26. The Labute approximate surface area is 138 Å². The highest BCUT2D eigenvalue weighted by Gasteiger charge is 2.13. The Hall–Kier alpha value is -2.16. The average molecular weight is 305 g/mol. The lowest BCUT2D eigenvalue weighted by Crippen LogP contribution is -2.28. The van der Waals surface area contributed by atoms with Crippen molar-refractivity contribution in [2.45, 2.75) is 19.6 Å². The number of nitrogens with zero attached hydrogens (tertiary/aromatic N) is 1. The second-order valence-electron chi connectivity index (χ2n) is 5.94. The van der Waals surface area contributed by atoms with Crippen molar-refractivity contribution in [3.8, 4) is 0 Å². The number of fused-ring (bicyclic) bond motifs is 1. The minimum atomic E-state index is -0.469. The molecule has 3 aromatic carbocycles. The first kappa shape index (κ1) is 15.7. The number of rotatable bonds is 6. The van der Waals surface area contributed by atoms with Crippen LogP contribution in [0.3, 0.4) is 0 Å². The number of hydrogen-bond acceptors (Lipinski definition) is 2. The number of aliphatic hydroxyl groups is 1. The molecule has 0 heterocycles. The third kappa shape index (κ3) is 3.98. The van der Waals surface area contributed by atoms with Crippen LogP contribution in [0, 0.1) is 0 Å². The van der Waals surface area contributed by atoms with Gasteiger partial charge in [-0.1, -0.05) is 73.7 Å². The highest BCUT2D eigenvalue weighted by Crippen LogP contribution is 2.21.